The highest BCUT2D eigenvalue weighted by molar-refractivity contribution is 8.00. The zero-order chi connectivity index (χ0) is 11.5. The van der Waals surface area contributed by atoms with Gasteiger partial charge in [0.1, 0.15) is 18.0 Å². The number of hydrogen-bond acceptors (Lipinski definition) is 6. The second kappa shape index (κ2) is 4.88. The van der Waals surface area contributed by atoms with Gasteiger partial charge in [0.2, 0.25) is 0 Å². The fourth-order valence-corrected chi connectivity index (χ4v) is 3.29. The Morgan fingerprint density at radius 1 is 1.38 bits per heavy atom. The summed E-state index contributed by atoms with van der Waals surface area (Å²) in [5.41, 5.74) is 2.55. The summed E-state index contributed by atoms with van der Waals surface area (Å²) < 4.78 is 0. The Labute approximate surface area is 99.8 Å². The normalized spacial score (nSPS) is 25.6. The van der Waals surface area contributed by atoms with Crippen molar-refractivity contribution in [2.75, 3.05) is 23.4 Å². The molecule has 3 N–H and O–H groups in total. The molecule has 0 aliphatic carbocycles. The smallest absolute Gasteiger partial charge is 0.145 e. The van der Waals surface area contributed by atoms with Crippen molar-refractivity contribution in [2.45, 2.75) is 24.3 Å². The molecule has 0 saturated carbocycles. The van der Waals surface area contributed by atoms with Crippen molar-refractivity contribution in [1.29, 1.82) is 0 Å². The van der Waals surface area contributed by atoms with Crippen molar-refractivity contribution in [3.05, 3.63) is 12.4 Å². The highest BCUT2D eigenvalue weighted by atomic mass is 32.2. The summed E-state index contributed by atoms with van der Waals surface area (Å²) in [5.74, 6) is 6.94. The molecule has 88 valence electrons. The molecule has 1 aliphatic rings. The van der Waals surface area contributed by atoms with E-state index in [0.717, 1.165) is 18.9 Å². The van der Waals surface area contributed by atoms with Crippen LogP contribution in [0.15, 0.2) is 12.4 Å². The molecular formula is C10H17N5S. The van der Waals surface area contributed by atoms with Gasteiger partial charge in [-0.25, -0.2) is 15.8 Å². The molecule has 0 aromatic carbocycles. The van der Waals surface area contributed by atoms with Crippen molar-refractivity contribution >= 4 is 23.4 Å². The Balaban J connectivity index is 2.16. The first-order valence-electron chi connectivity index (χ1n) is 5.38. The van der Waals surface area contributed by atoms with Gasteiger partial charge in [-0.05, 0) is 0 Å². The average molecular weight is 239 g/mol. The van der Waals surface area contributed by atoms with Crippen LogP contribution in [-0.2, 0) is 0 Å². The van der Waals surface area contributed by atoms with Gasteiger partial charge in [0.05, 0.1) is 0 Å². The maximum Gasteiger partial charge on any atom is 0.145 e. The van der Waals surface area contributed by atoms with E-state index in [2.05, 4.69) is 34.1 Å². The molecule has 5 nitrogen and oxygen atoms in total. The van der Waals surface area contributed by atoms with Crippen LogP contribution in [0.2, 0.25) is 0 Å². The molecule has 2 atom stereocenters. The molecule has 6 heteroatoms. The van der Waals surface area contributed by atoms with Crippen LogP contribution < -0.4 is 16.2 Å². The number of nitrogens with zero attached hydrogens (tertiary/aromatic N) is 3. The van der Waals surface area contributed by atoms with E-state index in [0.29, 0.717) is 16.3 Å². The van der Waals surface area contributed by atoms with E-state index in [1.807, 2.05) is 17.8 Å². The molecule has 2 rings (SSSR count). The van der Waals surface area contributed by atoms with Crippen LogP contribution in [0.5, 0.6) is 0 Å². The van der Waals surface area contributed by atoms with Crippen LogP contribution >= 0.6 is 11.8 Å². The molecule has 2 heterocycles. The number of aromatic nitrogens is 2. The SMILES string of the molecule is CC1CN(c2cc(NN)ncn2)CC(C)S1. The second-order valence-corrected chi connectivity index (χ2v) is 5.95. The first-order chi connectivity index (χ1) is 7.69. The predicted molar refractivity (Wildman–Crippen MR) is 68.6 cm³/mol. The van der Waals surface area contributed by atoms with Gasteiger partial charge in [-0.15, -0.1) is 0 Å². The van der Waals surface area contributed by atoms with E-state index in [1.54, 1.807) is 6.33 Å². The van der Waals surface area contributed by atoms with Crippen LogP contribution in [-0.4, -0.2) is 33.6 Å². The van der Waals surface area contributed by atoms with Crippen molar-refractivity contribution < 1.29 is 0 Å². The molecule has 0 spiro atoms. The Hall–Kier alpha value is -1.01. The topological polar surface area (TPSA) is 67.1 Å². The van der Waals surface area contributed by atoms with Crippen LogP contribution in [0.1, 0.15) is 13.8 Å². The Bertz CT molecular complexity index is 349. The number of rotatable bonds is 2. The second-order valence-electron chi connectivity index (χ2n) is 4.07. The van der Waals surface area contributed by atoms with Gasteiger partial charge in [0.25, 0.3) is 0 Å². The monoisotopic (exact) mass is 239 g/mol. The summed E-state index contributed by atoms with van der Waals surface area (Å²) in [6, 6.07) is 1.88. The maximum atomic E-state index is 5.34. The van der Waals surface area contributed by atoms with Gasteiger partial charge in [-0.1, -0.05) is 13.8 Å². The average Bonchev–Trinajstić information content (AvgIpc) is 2.28. The lowest BCUT2D eigenvalue weighted by molar-refractivity contribution is 0.717. The van der Waals surface area contributed by atoms with Crippen molar-refractivity contribution in [3.63, 3.8) is 0 Å². The van der Waals surface area contributed by atoms with Crippen molar-refractivity contribution in [2.24, 2.45) is 5.84 Å². The molecule has 1 aliphatic heterocycles. The zero-order valence-corrected chi connectivity index (χ0v) is 10.4. The molecule has 0 bridgehead atoms. The standard InChI is InChI=1S/C10H17N5S/c1-7-4-15(5-8(2)16-7)10-3-9(14-11)12-6-13-10/h3,6-8H,4-5,11H2,1-2H3,(H,12,13,14). The highest BCUT2D eigenvalue weighted by Crippen LogP contribution is 2.27. The van der Waals surface area contributed by atoms with E-state index >= 15 is 0 Å². The predicted octanol–water partition coefficient (Wildman–Crippen LogP) is 1.09. The van der Waals surface area contributed by atoms with E-state index in [9.17, 15) is 0 Å². The summed E-state index contributed by atoms with van der Waals surface area (Å²) in [4.78, 5) is 10.6. The summed E-state index contributed by atoms with van der Waals surface area (Å²) in [6.07, 6.45) is 1.54. The van der Waals surface area contributed by atoms with E-state index in [-0.39, 0.29) is 0 Å². The molecule has 0 amide bonds. The molecular weight excluding hydrogens is 222 g/mol. The minimum absolute atomic E-state index is 0.632. The summed E-state index contributed by atoms with van der Waals surface area (Å²) in [6.45, 7) is 6.54. The fourth-order valence-electron chi connectivity index (χ4n) is 1.96. The van der Waals surface area contributed by atoms with Gasteiger partial charge in [-0.2, -0.15) is 11.8 Å². The van der Waals surface area contributed by atoms with Gasteiger partial charge in [-0.3, -0.25) is 0 Å². The van der Waals surface area contributed by atoms with Gasteiger partial charge in [0.15, 0.2) is 0 Å². The zero-order valence-electron chi connectivity index (χ0n) is 9.55. The Morgan fingerprint density at radius 3 is 2.69 bits per heavy atom. The molecule has 1 saturated heterocycles. The molecule has 1 aromatic heterocycles. The number of thioether (sulfide) groups is 1. The van der Waals surface area contributed by atoms with Gasteiger partial charge >= 0.3 is 0 Å². The number of nitrogens with two attached hydrogens (primary N) is 1. The highest BCUT2D eigenvalue weighted by Gasteiger charge is 2.23. The lowest BCUT2D eigenvalue weighted by Gasteiger charge is -2.35. The molecule has 1 fully saturated rings. The van der Waals surface area contributed by atoms with Crippen molar-refractivity contribution in [1.82, 2.24) is 9.97 Å². The summed E-state index contributed by atoms with van der Waals surface area (Å²) in [7, 11) is 0. The minimum Gasteiger partial charge on any atom is -0.354 e. The minimum atomic E-state index is 0.632. The summed E-state index contributed by atoms with van der Waals surface area (Å²) >= 11 is 2.02. The fraction of sp³-hybridized carbons (Fsp3) is 0.600. The van der Waals surface area contributed by atoms with Crippen LogP contribution in [0.4, 0.5) is 11.6 Å². The third-order valence-electron chi connectivity index (χ3n) is 2.54. The number of nitrogens with one attached hydrogen (secondary N) is 1. The first kappa shape index (κ1) is 11.5. The Morgan fingerprint density at radius 2 is 2.06 bits per heavy atom. The third kappa shape index (κ3) is 2.56. The molecule has 2 unspecified atom stereocenters. The largest absolute Gasteiger partial charge is 0.354 e. The first-order valence-corrected chi connectivity index (χ1v) is 6.32. The molecule has 16 heavy (non-hydrogen) atoms. The van der Waals surface area contributed by atoms with Crippen LogP contribution in [0.25, 0.3) is 0 Å². The third-order valence-corrected chi connectivity index (χ3v) is 3.77. The van der Waals surface area contributed by atoms with Gasteiger partial charge in [0, 0.05) is 29.7 Å². The number of nitrogen functional groups attached to an aromatic ring is 1. The van der Waals surface area contributed by atoms with Crippen LogP contribution in [0, 0.1) is 0 Å². The Kier molecular flexibility index (Phi) is 3.50. The van der Waals surface area contributed by atoms with Crippen LogP contribution in [0.3, 0.4) is 0 Å². The maximum absolute atomic E-state index is 5.34. The summed E-state index contributed by atoms with van der Waals surface area (Å²) in [5, 5.41) is 1.26. The molecule has 0 radical (unpaired) electrons. The number of hydrazine groups is 1. The lowest BCUT2D eigenvalue weighted by Crippen LogP contribution is -2.40. The lowest BCUT2D eigenvalue weighted by atomic mass is 10.3. The quantitative estimate of drug-likeness (QED) is 0.595. The van der Waals surface area contributed by atoms with E-state index < -0.39 is 0 Å². The van der Waals surface area contributed by atoms with E-state index in [4.69, 9.17) is 5.84 Å². The number of hydrogen-bond donors (Lipinski definition) is 2. The van der Waals surface area contributed by atoms with Gasteiger partial charge < -0.3 is 10.3 Å². The van der Waals surface area contributed by atoms with Crippen molar-refractivity contribution in [3.8, 4) is 0 Å². The van der Waals surface area contributed by atoms with E-state index in [1.165, 1.54) is 0 Å². The number of anilines is 2. The molecule has 1 aromatic rings.